The van der Waals surface area contributed by atoms with Crippen LogP contribution in [0.1, 0.15) is 35.9 Å². The monoisotopic (exact) mass is 282 g/mol. The topological polar surface area (TPSA) is 78.4 Å². The number of aliphatic hydroxyl groups is 1. The normalized spacial score (nSPS) is 22.2. The van der Waals surface area contributed by atoms with Gasteiger partial charge in [-0.25, -0.2) is 0 Å². The van der Waals surface area contributed by atoms with Crippen LogP contribution in [0.25, 0.3) is 0 Å². The molecule has 1 aromatic heterocycles. The molecule has 0 bridgehead atoms. The van der Waals surface area contributed by atoms with Gasteiger partial charge in [-0.2, -0.15) is 0 Å². The predicted molar refractivity (Wildman–Crippen MR) is 74.3 cm³/mol. The van der Waals surface area contributed by atoms with Gasteiger partial charge in [-0.15, -0.1) is 11.3 Å². The highest BCUT2D eigenvalue weighted by atomic mass is 32.1. The summed E-state index contributed by atoms with van der Waals surface area (Å²) in [5.74, 6) is -0.137. The van der Waals surface area contributed by atoms with Crippen LogP contribution in [0.2, 0.25) is 0 Å². The second-order valence-corrected chi connectivity index (χ2v) is 5.90. The molecule has 1 saturated carbocycles. The molecule has 0 aromatic carbocycles. The lowest BCUT2D eigenvalue weighted by atomic mass is 10.1. The number of anilines is 1. The van der Waals surface area contributed by atoms with E-state index in [1.54, 1.807) is 12.1 Å². The van der Waals surface area contributed by atoms with Gasteiger partial charge in [-0.1, -0.05) is 6.42 Å². The lowest BCUT2D eigenvalue weighted by Crippen LogP contribution is -2.32. The van der Waals surface area contributed by atoms with Gasteiger partial charge in [0.1, 0.15) is 0 Å². The van der Waals surface area contributed by atoms with Gasteiger partial charge >= 0.3 is 0 Å². The van der Waals surface area contributed by atoms with Crippen molar-refractivity contribution >= 4 is 28.2 Å². The van der Waals surface area contributed by atoms with Crippen LogP contribution >= 0.6 is 11.3 Å². The van der Waals surface area contributed by atoms with E-state index in [4.69, 9.17) is 0 Å². The Balaban J connectivity index is 1.85. The van der Waals surface area contributed by atoms with Crippen molar-refractivity contribution in [3.05, 3.63) is 17.0 Å². The third-order valence-electron chi connectivity index (χ3n) is 3.27. The molecule has 2 amide bonds. The van der Waals surface area contributed by atoms with Crippen molar-refractivity contribution in [2.24, 2.45) is 5.92 Å². The summed E-state index contributed by atoms with van der Waals surface area (Å²) < 4.78 is 0. The Kier molecular flexibility index (Phi) is 4.55. The van der Waals surface area contributed by atoms with Crippen molar-refractivity contribution in [2.75, 3.05) is 11.9 Å². The minimum Gasteiger partial charge on any atom is -0.393 e. The molecule has 0 saturated heterocycles. The highest BCUT2D eigenvalue weighted by Gasteiger charge is 2.25. The first-order valence-electron chi connectivity index (χ1n) is 6.40. The summed E-state index contributed by atoms with van der Waals surface area (Å²) in [6.45, 7) is 1.94. The average Bonchev–Trinajstić information content (AvgIpc) is 2.95. The van der Waals surface area contributed by atoms with Gasteiger partial charge in [0.2, 0.25) is 5.91 Å². The average molecular weight is 282 g/mol. The van der Waals surface area contributed by atoms with E-state index in [-0.39, 0.29) is 23.8 Å². The van der Waals surface area contributed by atoms with Crippen molar-refractivity contribution in [3.8, 4) is 0 Å². The number of amides is 2. The van der Waals surface area contributed by atoms with E-state index in [1.165, 1.54) is 18.3 Å². The molecule has 19 heavy (non-hydrogen) atoms. The van der Waals surface area contributed by atoms with Gasteiger partial charge in [0.05, 0.1) is 16.0 Å². The van der Waals surface area contributed by atoms with E-state index < -0.39 is 0 Å². The number of hydrogen-bond donors (Lipinski definition) is 3. The van der Waals surface area contributed by atoms with Crippen LogP contribution < -0.4 is 10.6 Å². The second kappa shape index (κ2) is 6.16. The number of hydrogen-bond acceptors (Lipinski definition) is 4. The molecular formula is C13H18N2O3S. The van der Waals surface area contributed by atoms with Gasteiger partial charge in [0.25, 0.3) is 5.91 Å². The molecule has 1 fully saturated rings. The van der Waals surface area contributed by atoms with E-state index in [0.29, 0.717) is 16.4 Å². The minimum atomic E-state index is -0.293. The molecule has 2 rings (SSSR count). The summed E-state index contributed by atoms with van der Waals surface area (Å²) >= 11 is 1.25. The SMILES string of the molecule is CC(=O)Nc1ccc(C(=O)NCC2CCCC2O)s1. The molecule has 5 nitrogen and oxygen atoms in total. The summed E-state index contributed by atoms with van der Waals surface area (Å²) in [6.07, 6.45) is 2.52. The first-order chi connectivity index (χ1) is 9.06. The summed E-state index contributed by atoms with van der Waals surface area (Å²) in [7, 11) is 0. The maximum Gasteiger partial charge on any atom is 0.261 e. The fourth-order valence-corrected chi connectivity index (χ4v) is 3.14. The Morgan fingerprint density at radius 1 is 1.42 bits per heavy atom. The van der Waals surface area contributed by atoms with E-state index in [1.807, 2.05) is 0 Å². The number of carbonyl (C=O) groups is 2. The molecule has 1 aliphatic rings. The first-order valence-corrected chi connectivity index (χ1v) is 7.21. The van der Waals surface area contributed by atoms with Crippen LogP contribution in [0.15, 0.2) is 12.1 Å². The van der Waals surface area contributed by atoms with Crippen LogP contribution in [0.4, 0.5) is 5.00 Å². The Morgan fingerprint density at radius 2 is 2.21 bits per heavy atom. The molecule has 0 spiro atoms. The van der Waals surface area contributed by atoms with Crippen molar-refractivity contribution in [1.82, 2.24) is 5.32 Å². The van der Waals surface area contributed by atoms with E-state index in [2.05, 4.69) is 10.6 Å². The number of aliphatic hydroxyl groups excluding tert-OH is 1. The van der Waals surface area contributed by atoms with Gasteiger partial charge in [0.15, 0.2) is 0 Å². The molecule has 2 unspecified atom stereocenters. The highest BCUT2D eigenvalue weighted by molar-refractivity contribution is 7.18. The minimum absolute atomic E-state index is 0.150. The standard InChI is InChI=1S/C13H18N2O3S/c1-8(16)15-12-6-5-11(19-12)13(18)14-7-9-3-2-4-10(9)17/h5-6,9-10,17H,2-4,7H2,1H3,(H,14,18)(H,15,16). The summed E-state index contributed by atoms with van der Waals surface area (Å²) in [4.78, 5) is 23.4. The fraction of sp³-hybridized carbons (Fsp3) is 0.538. The maximum absolute atomic E-state index is 11.9. The fourth-order valence-electron chi connectivity index (χ4n) is 2.27. The van der Waals surface area contributed by atoms with Crippen LogP contribution in [0.3, 0.4) is 0 Å². The molecule has 0 aliphatic heterocycles. The van der Waals surface area contributed by atoms with Crippen LogP contribution in [0, 0.1) is 5.92 Å². The lowest BCUT2D eigenvalue weighted by Gasteiger charge is -2.14. The summed E-state index contributed by atoms with van der Waals surface area (Å²) in [5.41, 5.74) is 0. The Morgan fingerprint density at radius 3 is 2.84 bits per heavy atom. The summed E-state index contributed by atoms with van der Waals surface area (Å²) in [5, 5.41) is 15.8. The van der Waals surface area contributed by atoms with Gasteiger partial charge in [-0.3, -0.25) is 9.59 Å². The number of thiophene rings is 1. The highest BCUT2D eigenvalue weighted by Crippen LogP contribution is 2.25. The summed E-state index contributed by atoms with van der Waals surface area (Å²) in [6, 6.07) is 3.40. The number of nitrogens with one attached hydrogen (secondary N) is 2. The number of rotatable bonds is 4. The molecule has 1 aromatic rings. The molecule has 0 radical (unpaired) electrons. The van der Waals surface area contributed by atoms with Crippen LogP contribution in [-0.2, 0) is 4.79 Å². The third-order valence-corrected chi connectivity index (χ3v) is 4.27. The molecule has 6 heteroatoms. The van der Waals surface area contributed by atoms with E-state index in [9.17, 15) is 14.7 Å². The molecule has 1 aliphatic carbocycles. The van der Waals surface area contributed by atoms with E-state index >= 15 is 0 Å². The molecule has 2 atom stereocenters. The zero-order valence-electron chi connectivity index (χ0n) is 10.8. The number of carbonyl (C=O) groups excluding carboxylic acids is 2. The quantitative estimate of drug-likeness (QED) is 0.785. The third kappa shape index (κ3) is 3.78. The predicted octanol–water partition coefficient (Wildman–Crippen LogP) is 1.60. The zero-order valence-corrected chi connectivity index (χ0v) is 11.6. The second-order valence-electron chi connectivity index (χ2n) is 4.81. The van der Waals surface area contributed by atoms with Crippen LogP contribution in [0.5, 0.6) is 0 Å². The van der Waals surface area contributed by atoms with Crippen molar-refractivity contribution in [2.45, 2.75) is 32.3 Å². The first kappa shape index (κ1) is 14.0. The van der Waals surface area contributed by atoms with Gasteiger partial charge in [-0.05, 0) is 25.0 Å². The Bertz CT molecular complexity index is 472. The van der Waals surface area contributed by atoms with Gasteiger partial charge in [0, 0.05) is 19.4 Å². The Labute approximate surface area is 116 Å². The van der Waals surface area contributed by atoms with Gasteiger partial charge < -0.3 is 15.7 Å². The van der Waals surface area contributed by atoms with E-state index in [0.717, 1.165) is 19.3 Å². The molecular weight excluding hydrogens is 264 g/mol. The zero-order chi connectivity index (χ0) is 13.8. The van der Waals surface area contributed by atoms with Crippen molar-refractivity contribution in [1.29, 1.82) is 0 Å². The molecule has 1 heterocycles. The lowest BCUT2D eigenvalue weighted by molar-refractivity contribution is -0.114. The van der Waals surface area contributed by atoms with Crippen molar-refractivity contribution in [3.63, 3.8) is 0 Å². The van der Waals surface area contributed by atoms with Crippen LogP contribution in [-0.4, -0.2) is 29.6 Å². The smallest absolute Gasteiger partial charge is 0.261 e. The largest absolute Gasteiger partial charge is 0.393 e. The Hall–Kier alpha value is -1.40. The molecule has 104 valence electrons. The van der Waals surface area contributed by atoms with Crippen molar-refractivity contribution < 1.29 is 14.7 Å². The maximum atomic E-state index is 11.9. The molecule has 3 N–H and O–H groups in total.